The number of aliphatic hydroxyl groups is 1. The molecular formula is C16H21N3O3. The highest BCUT2D eigenvalue weighted by Crippen LogP contribution is 2.18. The normalized spacial score (nSPS) is 14.9. The van der Waals surface area contributed by atoms with E-state index >= 15 is 0 Å². The van der Waals surface area contributed by atoms with Gasteiger partial charge in [-0.1, -0.05) is 6.07 Å². The number of carbonyl (C=O) groups excluding carboxylic acids is 1. The molecule has 2 amide bonds. The molecule has 0 radical (unpaired) electrons. The number of furan rings is 1. The standard InChI is InChI=1S/C16H21N3O3/c1-11(9-14(20)15-6-4-8-22-15)18-16(21)19-12(2)13-5-3-7-17-10-13/h3-8,10-12,14,20H,9H2,1-2H3,(H2,18,19,21). The lowest BCUT2D eigenvalue weighted by Gasteiger charge is -2.19. The zero-order chi connectivity index (χ0) is 15.9. The van der Waals surface area contributed by atoms with Crippen LogP contribution in [0.15, 0.2) is 47.3 Å². The summed E-state index contributed by atoms with van der Waals surface area (Å²) in [6.45, 7) is 3.72. The predicted molar refractivity (Wildman–Crippen MR) is 82.1 cm³/mol. The van der Waals surface area contributed by atoms with E-state index in [4.69, 9.17) is 4.42 Å². The third-order valence-electron chi connectivity index (χ3n) is 3.36. The van der Waals surface area contributed by atoms with Crippen LogP contribution in [0.3, 0.4) is 0 Å². The smallest absolute Gasteiger partial charge is 0.315 e. The molecule has 6 heteroatoms. The van der Waals surface area contributed by atoms with Crippen LogP contribution in [0.4, 0.5) is 4.79 Å². The molecule has 0 aliphatic heterocycles. The molecule has 22 heavy (non-hydrogen) atoms. The van der Waals surface area contributed by atoms with Gasteiger partial charge < -0.3 is 20.2 Å². The van der Waals surface area contributed by atoms with Gasteiger partial charge >= 0.3 is 6.03 Å². The first-order valence-corrected chi connectivity index (χ1v) is 7.24. The average Bonchev–Trinajstić information content (AvgIpc) is 3.02. The van der Waals surface area contributed by atoms with Crippen LogP contribution >= 0.6 is 0 Å². The highest BCUT2D eigenvalue weighted by atomic mass is 16.4. The summed E-state index contributed by atoms with van der Waals surface area (Å²) in [6, 6.07) is 6.55. The minimum Gasteiger partial charge on any atom is -0.467 e. The van der Waals surface area contributed by atoms with Crippen molar-refractivity contribution in [2.45, 2.75) is 38.5 Å². The van der Waals surface area contributed by atoms with Gasteiger partial charge in [0.15, 0.2) is 0 Å². The maximum atomic E-state index is 12.0. The highest BCUT2D eigenvalue weighted by molar-refractivity contribution is 5.74. The SMILES string of the molecule is CC(CC(O)c1ccco1)NC(=O)NC(C)c1cccnc1. The minimum atomic E-state index is -0.735. The second-order valence-electron chi connectivity index (χ2n) is 5.29. The van der Waals surface area contributed by atoms with Crippen molar-refractivity contribution in [3.05, 3.63) is 54.2 Å². The summed E-state index contributed by atoms with van der Waals surface area (Å²) in [7, 11) is 0. The number of nitrogens with zero attached hydrogens (tertiary/aromatic N) is 1. The lowest BCUT2D eigenvalue weighted by atomic mass is 10.1. The number of urea groups is 1. The Bertz CT molecular complexity index is 572. The number of hydrogen-bond donors (Lipinski definition) is 3. The first-order chi connectivity index (χ1) is 10.6. The Labute approximate surface area is 129 Å². The van der Waals surface area contributed by atoms with E-state index in [9.17, 15) is 9.90 Å². The van der Waals surface area contributed by atoms with Crippen LogP contribution in [0.2, 0.25) is 0 Å². The molecule has 3 N–H and O–H groups in total. The quantitative estimate of drug-likeness (QED) is 0.765. The fourth-order valence-corrected chi connectivity index (χ4v) is 2.17. The minimum absolute atomic E-state index is 0.143. The second kappa shape index (κ2) is 7.61. The molecule has 2 heterocycles. The van der Waals surface area contributed by atoms with Gasteiger partial charge in [0.2, 0.25) is 0 Å². The maximum absolute atomic E-state index is 12.0. The lowest BCUT2D eigenvalue weighted by Crippen LogP contribution is -2.42. The van der Waals surface area contributed by atoms with Crippen LogP contribution in [0.1, 0.15) is 43.7 Å². The van der Waals surface area contributed by atoms with Crippen LogP contribution in [0, 0.1) is 0 Å². The van der Waals surface area contributed by atoms with Gasteiger partial charge in [0.25, 0.3) is 0 Å². The largest absolute Gasteiger partial charge is 0.467 e. The number of carbonyl (C=O) groups is 1. The molecule has 2 rings (SSSR count). The number of hydrogen-bond acceptors (Lipinski definition) is 4. The molecule has 0 saturated heterocycles. The van der Waals surface area contributed by atoms with Crippen molar-refractivity contribution in [1.29, 1.82) is 0 Å². The van der Waals surface area contributed by atoms with Crippen molar-refractivity contribution in [3.63, 3.8) is 0 Å². The monoisotopic (exact) mass is 303 g/mol. The van der Waals surface area contributed by atoms with Gasteiger partial charge in [0, 0.05) is 24.9 Å². The van der Waals surface area contributed by atoms with Gasteiger partial charge in [-0.25, -0.2) is 4.79 Å². The predicted octanol–water partition coefficient (Wildman–Crippen LogP) is 2.55. The Morgan fingerprint density at radius 3 is 2.77 bits per heavy atom. The molecule has 0 aromatic carbocycles. The Morgan fingerprint density at radius 2 is 2.14 bits per heavy atom. The summed E-state index contributed by atoms with van der Waals surface area (Å²) >= 11 is 0. The van der Waals surface area contributed by atoms with E-state index in [-0.39, 0.29) is 18.1 Å². The number of aliphatic hydroxyl groups excluding tert-OH is 1. The van der Waals surface area contributed by atoms with Gasteiger partial charge in [-0.3, -0.25) is 4.98 Å². The number of pyridine rings is 1. The topological polar surface area (TPSA) is 87.4 Å². The molecule has 3 atom stereocenters. The Morgan fingerprint density at radius 1 is 1.32 bits per heavy atom. The van der Waals surface area contributed by atoms with Crippen LogP contribution in [0.5, 0.6) is 0 Å². The van der Waals surface area contributed by atoms with Crippen molar-refractivity contribution < 1.29 is 14.3 Å². The van der Waals surface area contributed by atoms with Crippen LogP contribution < -0.4 is 10.6 Å². The summed E-state index contributed by atoms with van der Waals surface area (Å²) in [5, 5.41) is 15.6. The van der Waals surface area contributed by atoms with Gasteiger partial charge in [-0.2, -0.15) is 0 Å². The zero-order valence-corrected chi connectivity index (χ0v) is 12.7. The maximum Gasteiger partial charge on any atom is 0.315 e. The van der Waals surface area contributed by atoms with Crippen molar-refractivity contribution >= 4 is 6.03 Å². The third kappa shape index (κ3) is 4.60. The number of nitrogens with one attached hydrogen (secondary N) is 2. The van der Waals surface area contributed by atoms with Gasteiger partial charge in [0.05, 0.1) is 12.3 Å². The Balaban J connectivity index is 1.79. The molecule has 0 fully saturated rings. The molecule has 0 aliphatic rings. The van der Waals surface area contributed by atoms with E-state index in [2.05, 4.69) is 15.6 Å². The average molecular weight is 303 g/mol. The fraction of sp³-hybridized carbons (Fsp3) is 0.375. The summed E-state index contributed by atoms with van der Waals surface area (Å²) < 4.78 is 5.14. The lowest BCUT2D eigenvalue weighted by molar-refractivity contribution is 0.129. The Kier molecular flexibility index (Phi) is 5.55. The van der Waals surface area contributed by atoms with E-state index in [1.54, 1.807) is 24.5 Å². The molecule has 118 valence electrons. The van der Waals surface area contributed by atoms with Crippen LogP contribution in [-0.2, 0) is 0 Å². The molecule has 3 unspecified atom stereocenters. The first kappa shape index (κ1) is 16.0. The molecular weight excluding hydrogens is 282 g/mol. The number of rotatable bonds is 6. The van der Waals surface area contributed by atoms with Crippen molar-refractivity contribution in [3.8, 4) is 0 Å². The Hall–Kier alpha value is -2.34. The molecule has 0 saturated carbocycles. The first-order valence-electron chi connectivity index (χ1n) is 7.24. The van der Waals surface area contributed by atoms with E-state index < -0.39 is 6.10 Å². The van der Waals surface area contributed by atoms with E-state index in [0.717, 1.165) is 5.56 Å². The number of aromatic nitrogens is 1. The number of amides is 2. The molecule has 2 aromatic heterocycles. The second-order valence-corrected chi connectivity index (χ2v) is 5.29. The van der Waals surface area contributed by atoms with Crippen molar-refractivity contribution in [2.24, 2.45) is 0 Å². The zero-order valence-electron chi connectivity index (χ0n) is 12.7. The third-order valence-corrected chi connectivity index (χ3v) is 3.36. The van der Waals surface area contributed by atoms with Crippen molar-refractivity contribution in [2.75, 3.05) is 0 Å². The van der Waals surface area contributed by atoms with E-state index in [1.165, 1.54) is 6.26 Å². The molecule has 2 aromatic rings. The highest BCUT2D eigenvalue weighted by Gasteiger charge is 2.17. The summed E-state index contributed by atoms with van der Waals surface area (Å²) in [4.78, 5) is 16.0. The molecule has 0 spiro atoms. The summed E-state index contributed by atoms with van der Waals surface area (Å²) in [6.07, 6.45) is 4.56. The van der Waals surface area contributed by atoms with E-state index in [0.29, 0.717) is 12.2 Å². The fourth-order valence-electron chi connectivity index (χ4n) is 2.17. The van der Waals surface area contributed by atoms with Gasteiger partial charge in [-0.15, -0.1) is 0 Å². The van der Waals surface area contributed by atoms with Crippen molar-refractivity contribution in [1.82, 2.24) is 15.6 Å². The summed E-state index contributed by atoms with van der Waals surface area (Å²) in [5.74, 6) is 0.498. The summed E-state index contributed by atoms with van der Waals surface area (Å²) in [5.41, 5.74) is 0.931. The van der Waals surface area contributed by atoms with Crippen LogP contribution in [0.25, 0.3) is 0 Å². The van der Waals surface area contributed by atoms with Crippen LogP contribution in [-0.4, -0.2) is 22.2 Å². The molecule has 6 nitrogen and oxygen atoms in total. The van der Waals surface area contributed by atoms with Gasteiger partial charge in [0.1, 0.15) is 11.9 Å². The van der Waals surface area contributed by atoms with Gasteiger partial charge in [-0.05, 0) is 37.6 Å². The van der Waals surface area contributed by atoms with E-state index in [1.807, 2.05) is 26.0 Å². The molecule has 0 aliphatic carbocycles. The molecule has 0 bridgehead atoms.